The van der Waals surface area contributed by atoms with Crippen LogP contribution in [-0.2, 0) is 4.79 Å². The molecule has 0 saturated heterocycles. The third-order valence-corrected chi connectivity index (χ3v) is 4.28. The van der Waals surface area contributed by atoms with Crippen LogP contribution in [-0.4, -0.2) is 31.8 Å². The van der Waals surface area contributed by atoms with Gasteiger partial charge in [-0.25, -0.2) is 10.2 Å². The van der Waals surface area contributed by atoms with E-state index in [2.05, 4.69) is 10.5 Å². The van der Waals surface area contributed by atoms with Crippen molar-refractivity contribution in [3.8, 4) is 17.2 Å². The number of amides is 1. The zero-order valence-corrected chi connectivity index (χ0v) is 17.3. The molecule has 0 aromatic heterocycles. The van der Waals surface area contributed by atoms with Gasteiger partial charge in [0.1, 0.15) is 17.2 Å². The van der Waals surface area contributed by atoms with Crippen molar-refractivity contribution in [3.05, 3.63) is 88.9 Å². The molecule has 0 saturated carbocycles. The predicted molar refractivity (Wildman–Crippen MR) is 117 cm³/mol. The van der Waals surface area contributed by atoms with Gasteiger partial charge in [-0.15, -0.1) is 0 Å². The number of para-hydroxylation sites is 1. The maximum Gasteiger partial charge on any atom is 0.343 e. The highest BCUT2D eigenvalue weighted by atomic mass is 35.5. The first-order chi connectivity index (χ1) is 15.0. The molecule has 8 heteroatoms. The summed E-state index contributed by atoms with van der Waals surface area (Å²) < 4.78 is 15.9. The fourth-order valence-electron chi connectivity index (χ4n) is 2.45. The summed E-state index contributed by atoms with van der Waals surface area (Å²) in [4.78, 5) is 24.3. The van der Waals surface area contributed by atoms with E-state index >= 15 is 0 Å². The number of esters is 1. The van der Waals surface area contributed by atoms with Crippen LogP contribution in [0.1, 0.15) is 15.9 Å². The third kappa shape index (κ3) is 6.58. The van der Waals surface area contributed by atoms with Gasteiger partial charge >= 0.3 is 5.97 Å². The summed E-state index contributed by atoms with van der Waals surface area (Å²) >= 11 is 5.80. The molecule has 3 aromatic rings. The SMILES string of the molecule is COc1ccc(C(=O)Oc2ccccc2/C=N/NC(=O)COc2ccc(Cl)cc2)cc1. The van der Waals surface area contributed by atoms with Gasteiger partial charge < -0.3 is 14.2 Å². The van der Waals surface area contributed by atoms with Gasteiger partial charge in [0.2, 0.25) is 0 Å². The minimum absolute atomic E-state index is 0.215. The van der Waals surface area contributed by atoms with Gasteiger partial charge in [0.25, 0.3) is 5.91 Å². The molecule has 31 heavy (non-hydrogen) atoms. The molecule has 0 aliphatic heterocycles. The molecule has 0 radical (unpaired) electrons. The monoisotopic (exact) mass is 438 g/mol. The molecule has 3 aromatic carbocycles. The summed E-state index contributed by atoms with van der Waals surface area (Å²) in [5.74, 6) is 0.487. The molecule has 1 amide bonds. The molecule has 0 atom stereocenters. The molecule has 1 N–H and O–H groups in total. The highest BCUT2D eigenvalue weighted by Crippen LogP contribution is 2.19. The summed E-state index contributed by atoms with van der Waals surface area (Å²) in [7, 11) is 1.55. The number of methoxy groups -OCH3 is 1. The molecule has 0 aliphatic rings. The average molecular weight is 439 g/mol. The van der Waals surface area contributed by atoms with E-state index < -0.39 is 11.9 Å². The number of hydrogen-bond acceptors (Lipinski definition) is 6. The largest absolute Gasteiger partial charge is 0.497 e. The second kappa shape index (κ2) is 10.8. The Balaban J connectivity index is 1.56. The number of carbonyl (C=O) groups excluding carboxylic acids is 2. The van der Waals surface area contributed by atoms with E-state index in [0.717, 1.165) is 0 Å². The van der Waals surface area contributed by atoms with Gasteiger partial charge in [-0.2, -0.15) is 5.10 Å². The number of nitrogens with one attached hydrogen (secondary N) is 1. The molecule has 7 nitrogen and oxygen atoms in total. The van der Waals surface area contributed by atoms with E-state index in [-0.39, 0.29) is 6.61 Å². The summed E-state index contributed by atoms with van der Waals surface area (Å²) in [6, 6.07) is 20.0. The number of halogens is 1. The molecule has 0 unspecified atom stereocenters. The summed E-state index contributed by atoms with van der Waals surface area (Å²) in [6.07, 6.45) is 1.39. The Morgan fingerprint density at radius 2 is 1.65 bits per heavy atom. The Morgan fingerprint density at radius 3 is 2.35 bits per heavy atom. The Hall–Kier alpha value is -3.84. The molecule has 0 spiro atoms. The van der Waals surface area contributed by atoms with Crippen molar-refractivity contribution in [1.82, 2.24) is 5.43 Å². The molecule has 0 aliphatic carbocycles. The van der Waals surface area contributed by atoms with E-state index in [4.69, 9.17) is 25.8 Å². The van der Waals surface area contributed by atoms with Gasteiger partial charge in [-0.3, -0.25) is 4.79 Å². The Morgan fingerprint density at radius 1 is 0.968 bits per heavy atom. The molecule has 0 heterocycles. The summed E-state index contributed by atoms with van der Waals surface area (Å²) in [5.41, 5.74) is 3.25. The normalized spacial score (nSPS) is 10.5. The second-order valence-electron chi connectivity index (χ2n) is 6.19. The van der Waals surface area contributed by atoms with Crippen LogP contribution >= 0.6 is 11.6 Å². The fourth-order valence-corrected chi connectivity index (χ4v) is 2.58. The lowest BCUT2D eigenvalue weighted by Crippen LogP contribution is -2.24. The molecule has 0 fully saturated rings. The minimum Gasteiger partial charge on any atom is -0.497 e. The van der Waals surface area contributed by atoms with E-state index in [9.17, 15) is 9.59 Å². The number of benzene rings is 3. The van der Waals surface area contributed by atoms with Crippen molar-refractivity contribution in [1.29, 1.82) is 0 Å². The number of hydrogen-bond donors (Lipinski definition) is 1. The van der Waals surface area contributed by atoms with Gasteiger partial charge in [-0.1, -0.05) is 23.7 Å². The van der Waals surface area contributed by atoms with Crippen molar-refractivity contribution in [2.24, 2.45) is 5.10 Å². The Bertz CT molecular complexity index is 1070. The maximum atomic E-state index is 12.4. The number of hydrazone groups is 1. The first-order valence-electron chi connectivity index (χ1n) is 9.20. The van der Waals surface area contributed by atoms with Crippen LogP contribution in [0.15, 0.2) is 77.9 Å². The van der Waals surface area contributed by atoms with Crippen molar-refractivity contribution in [2.45, 2.75) is 0 Å². The van der Waals surface area contributed by atoms with Crippen LogP contribution in [0.3, 0.4) is 0 Å². The number of carbonyl (C=O) groups is 2. The average Bonchev–Trinajstić information content (AvgIpc) is 2.80. The predicted octanol–water partition coefficient (Wildman–Crippen LogP) is 4.10. The smallest absolute Gasteiger partial charge is 0.343 e. The quantitative estimate of drug-likeness (QED) is 0.248. The summed E-state index contributed by atoms with van der Waals surface area (Å²) in [5, 5.41) is 4.47. The van der Waals surface area contributed by atoms with Crippen LogP contribution < -0.4 is 19.6 Å². The third-order valence-electron chi connectivity index (χ3n) is 4.02. The lowest BCUT2D eigenvalue weighted by Gasteiger charge is -2.08. The van der Waals surface area contributed by atoms with Crippen LogP contribution in [0.2, 0.25) is 5.02 Å². The second-order valence-corrected chi connectivity index (χ2v) is 6.63. The van der Waals surface area contributed by atoms with Crippen LogP contribution in [0.5, 0.6) is 17.2 Å². The molecule has 0 bridgehead atoms. The van der Waals surface area contributed by atoms with Crippen molar-refractivity contribution in [3.63, 3.8) is 0 Å². The highest BCUT2D eigenvalue weighted by Gasteiger charge is 2.11. The van der Waals surface area contributed by atoms with Crippen molar-refractivity contribution in [2.75, 3.05) is 13.7 Å². The lowest BCUT2D eigenvalue weighted by molar-refractivity contribution is -0.123. The van der Waals surface area contributed by atoms with Gasteiger partial charge in [0, 0.05) is 10.6 Å². The minimum atomic E-state index is -0.524. The van der Waals surface area contributed by atoms with Gasteiger partial charge in [0.15, 0.2) is 6.61 Å². The molecule has 158 valence electrons. The van der Waals surface area contributed by atoms with Crippen LogP contribution in [0, 0.1) is 0 Å². The molecule has 3 rings (SSSR count). The fraction of sp³-hybridized carbons (Fsp3) is 0.0870. The van der Waals surface area contributed by atoms with E-state index in [1.165, 1.54) is 6.21 Å². The topological polar surface area (TPSA) is 86.2 Å². The van der Waals surface area contributed by atoms with Gasteiger partial charge in [-0.05, 0) is 60.7 Å². The van der Waals surface area contributed by atoms with Crippen LogP contribution in [0.4, 0.5) is 0 Å². The zero-order valence-electron chi connectivity index (χ0n) is 16.6. The number of rotatable bonds is 8. The van der Waals surface area contributed by atoms with E-state index in [0.29, 0.717) is 33.4 Å². The van der Waals surface area contributed by atoms with Crippen molar-refractivity contribution < 1.29 is 23.8 Å². The van der Waals surface area contributed by atoms with E-state index in [1.807, 2.05) is 0 Å². The summed E-state index contributed by atoms with van der Waals surface area (Å²) in [6.45, 7) is -0.215. The maximum absolute atomic E-state index is 12.4. The molecular weight excluding hydrogens is 420 g/mol. The van der Waals surface area contributed by atoms with E-state index in [1.54, 1.807) is 79.9 Å². The van der Waals surface area contributed by atoms with Crippen LogP contribution in [0.25, 0.3) is 0 Å². The zero-order chi connectivity index (χ0) is 22.1. The Kier molecular flexibility index (Phi) is 7.61. The highest BCUT2D eigenvalue weighted by molar-refractivity contribution is 6.30. The number of nitrogens with zero attached hydrogens (tertiary/aromatic N) is 1. The lowest BCUT2D eigenvalue weighted by atomic mass is 10.2. The molecular formula is C23H19ClN2O5. The first-order valence-corrected chi connectivity index (χ1v) is 9.58. The van der Waals surface area contributed by atoms with Gasteiger partial charge in [0.05, 0.1) is 18.9 Å². The van der Waals surface area contributed by atoms with Crippen molar-refractivity contribution >= 4 is 29.7 Å². The standard InChI is InChI=1S/C23H19ClN2O5/c1-29-19-10-6-16(7-11-19)23(28)31-21-5-3-2-4-17(21)14-25-26-22(27)15-30-20-12-8-18(24)9-13-20/h2-14H,15H2,1H3,(H,26,27)/b25-14+. The Labute approximate surface area is 184 Å². The number of ether oxygens (including phenoxy) is 3. The first kappa shape index (κ1) is 21.9.